The second kappa shape index (κ2) is 11.9. The van der Waals surface area contributed by atoms with Crippen LogP contribution in [0.1, 0.15) is 77.6 Å². The van der Waals surface area contributed by atoms with Gasteiger partial charge in [-0.15, -0.1) is 0 Å². The van der Waals surface area contributed by atoms with Crippen LogP contribution in [0.3, 0.4) is 0 Å². The number of likely N-dealkylation sites (tertiary alicyclic amines) is 1. The van der Waals surface area contributed by atoms with E-state index in [4.69, 9.17) is 14.5 Å². The minimum absolute atomic E-state index is 0.339. The topological polar surface area (TPSA) is 46.1 Å². The van der Waals surface area contributed by atoms with E-state index in [1.807, 2.05) is 0 Å². The summed E-state index contributed by atoms with van der Waals surface area (Å²) in [6.45, 7) is 7.84. The van der Waals surface area contributed by atoms with Crippen molar-refractivity contribution in [2.75, 3.05) is 39.4 Å². The molecule has 0 spiro atoms. The highest BCUT2D eigenvalue weighted by molar-refractivity contribution is 5.80. The molecule has 1 unspecified atom stereocenters. The summed E-state index contributed by atoms with van der Waals surface area (Å²) < 4.78 is 11.8. The van der Waals surface area contributed by atoms with Crippen LogP contribution in [0.25, 0.3) is 0 Å². The molecule has 0 bridgehead atoms. The summed E-state index contributed by atoms with van der Waals surface area (Å²) in [5, 5.41) is 3.49. The minimum Gasteiger partial charge on any atom is -0.376 e. The Labute approximate surface area is 166 Å². The van der Waals surface area contributed by atoms with Crippen LogP contribution in [-0.2, 0) is 9.47 Å². The summed E-state index contributed by atoms with van der Waals surface area (Å²) in [5.74, 6) is 2.12. The Hall–Kier alpha value is -0.810. The molecular weight excluding hydrogens is 338 g/mol. The maximum absolute atomic E-state index is 6.10. The monoisotopic (exact) mass is 379 g/mol. The van der Waals surface area contributed by atoms with Gasteiger partial charge >= 0.3 is 0 Å². The van der Waals surface area contributed by atoms with Crippen LogP contribution in [0.5, 0.6) is 0 Å². The minimum atomic E-state index is 0.339. The quantitative estimate of drug-likeness (QED) is 0.374. The third-order valence-corrected chi connectivity index (χ3v) is 6.38. The van der Waals surface area contributed by atoms with Gasteiger partial charge in [0.05, 0.1) is 18.8 Å². The Morgan fingerprint density at radius 2 is 1.89 bits per heavy atom. The molecule has 0 amide bonds. The van der Waals surface area contributed by atoms with Gasteiger partial charge in [0.2, 0.25) is 0 Å². The highest BCUT2D eigenvalue weighted by atomic mass is 16.5. The first-order valence-corrected chi connectivity index (χ1v) is 11.6. The van der Waals surface area contributed by atoms with E-state index in [2.05, 4.69) is 17.1 Å². The molecular formula is C22H41N3O2. The Balaban J connectivity index is 1.32. The average Bonchev–Trinajstić information content (AvgIpc) is 3.40. The lowest BCUT2D eigenvalue weighted by Gasteiger charge is -2.34. The van der Waals surface area contributed by atoms with E-state index in [9.17, 15) is 0 Å². The van der Waals surface area contributed by atoms with Crippen LogP contribution >= 0.6 is 0 Å². The van der Waals surface area contributed by atoms with Crippen LogP contribution in [0.4, 0.5) is 0 Å². The van der Waals surface area contributed by atoms with Crippen LogP contribution in [0, 0.1) is 5.92 Å². The van der Waals surface area contributed by atoms with Gasteiger partial charge in [0.25, 0.3) is 0 Å². The van der Waals surface area contributed by atoms with E-state index in [0.717, 1.165) is 70.5 Å². The van der Waals surface area contributed by atoms with Gasteiger partial charge in [0.1, 0.15) is 0 Å². The predicted molar refractivity (Wildman–Crippen MR) is 111 cm³/mol. The lowest BCUT2D eigenvalue weighted by Crippen LogP contribution is -2.47. The molecule has 1 saturated carbocycles. The highest BCUT2D eigenvalue weighted by Gasteiger charge is 2.24. The number of unbranched alkanes of at least 4 members (excludes halogenated alkanes) is 1. The third-order valence-electron chi connectivity index (χ3n) is 6.38. The molecule has 0 aromatic heterocycles. The zero-order valence-electron chi connectivity index (χ0n) is 17.5. The number of ether oxygens (including phenoxy) is 2. The van der Waals surface area contributed by atoms with E-state index in [-0.39, 0.29) is 0 Å². The number of guanidine groups is 1. The average molecular weight is 380 g/mol. The van der Waals surface area contributed by atoms with Crippen molar-refractivity contribution in [2.24, 2.45) is 10.9 Å². The summed E-state index contributed by atoms with van der Waals surface area (Å²) >= 11 is 0. The lowest BCUT2D eigenvalue weighted by atomic mass is 10.0. The first-order chi connectivity index (χ1) is 13.3. The molecule has 5 nitrogen and oxygen atoms in total. The molecule has 2 heterocycles. The molecule has 2 aliphatic heterocycles. The van der Waals surface area contributed by atoms with Crippen LogP contribution < -0.4 is 5.32 Å². The largest absolute Gasteiger partial charge is 0.376 e. The Kier molecular flexibility index (Phi) is 9.22. The summed E-state index contributed by atoms with van der Waals surface area (Å²) in [6.07, 6.45) is 15.1. The molecule has 1 N–H and O–H groups in total. The van der Waals surface area contributed by atoms with E-state index in [0.29, 0.717) is 12.2 Å². The van der Waals surface area contributed by atoms with Crippen molar-refractivity contribution in [1.82, 2.24) is 10.2 Å². The summed E-state index contributed by atoms with van der Waals surface area (Å²) in [5.41, 5.74) is 0. The Bertz CT molecular complexity index is 423. The molecule has 2 saturated heterocycles. The number of rotatable bonds is 9. The Morgan fingerprint density at radius 1 is 1.07 bits per heavy atom. The molecule has 3 fully saturated rings. The van der Waals surface area contributed by atoms with Crippen molar-refractivity contribution in [3.63, 3.8) is 0 Å². The lowest BCUT2D eigenvalue weighted by molar-refractivity contribution is -0.0367. The number of nitrogens with one attached hydrogen (secondary N) is 1. The summed E-state index contributed by atoms with van der Waals surface area (Å²) in [7, 11) is 0. The SMILES string of the molecule is CCNC(=NCCCCC1CCCC1)N1CCC(OCC2CCCO2)CC1. The molecule has 1 aliphatic carbocycles. The molecule has 0 aromatic rings. The predicted octanol–water partition coefficient (Wildman–Crippen LogP) is 3.97. The Morgan fingerprint density at radius 3 is 2.59 bits per heavy atom. The summed E-state index contributed by atoms with van der Waals surface area (Å²) in [6, 6.07) is 0. The maximum atomic E-state index is 6.10. The second-order valence-electron chi connectivity index (χ2n) is 8.54. The van der Waals surface area contributed by atoms with Gasteiger partial charge in [-0.1, -0.05) is 38.5 Å². The van der Waals surface area contributed by atoms with Crippen LogP contribution in [-0.4, -0.2) is 62.5 Å². The molecule has 5 heteroatoms. The third kappa shape index (κ3) is 7.26. The van der Waals surface area contributed by atoms with Gasteiger partial charge in [0.15, 0.2) is 5.96 Å². The molecule has 0 aromatic carbocycles. The first-order valence-electron chi connectivity index (χ1n) is 11.6. The maximum Gasteiger partial charge on any atom is 0.193 e. The zero-order valence-corrected chi connectivity index (χ0v) is 17.5. The fourth-order valence-electron chi connectivity index (χ4n) is 4.71. The number of piperidine rings is 1. The van der Waals surface area contributed by atoms with Crippen molar-refractivity contribution in [3.8, 4) is 0 Å². The summed E-state index contributed by atoms with van der Waals surface area (Å²) in [4.78, 5) is 7.33. The highest BCUT2D eigenvalue weighted by Crippen LogP contribution is 2.28. The first kappa shape index (κ1) is 20.9. The van der Waals surface area contributed by atoms with Crippen molar-refractivity contribution in [3.05, 3.63) is 0 Å². The molecule has 27 heavy (non-hydrogen) atoms. The van der Waals surface area contributed by atoms with Gasteiger partial charge < -0.3 is 19.7 Å². The van der Waals surface area contributed by atoms with Gasteiger partial charge in [-0.25, -0.2) is 0 Å². The van der Waals surface area contributed by atoms with Gasteiger partial charge in [-0.3, -0.25) is 4.99 Å². The van der Waals surface area contributed by atoms with E-state index < -0.39 is 0 Å². The van der Waals surface area contributed by atoms with Gasteiger partial charge in [0, 0.05) is 32.8 Å². The van der Waals surface area contributed by atoms with Crippen molar-refractivity contribution < 1.29 is 9.47 Å². The fraction of sp³-hybridized carbons (Fsp3) is 0.955. The second-order valence-corrected chi connectivity index (χ2v) is 8.54. The van der Waals surface area contributed by atoms with E-state index >= 15 is 0 Å². The number of hydrogen-bond donors (Lipinski definition) is 1. The molecule has 0 radical (unpaired) electrons. The normalized spacial score (nSPS) is 25.4. The zero-order chi connectivity index (χ0) is 18.7. The van der Waals surface area contributed by atoms with Crippen LogP contribution in [0.15, 0.2) is 4.99 Å². The van der Waals surface area contributed by atoms with Gasteiger partial charge in [-0.05, 0) is 44.9 Å². The smallest absolute Gasteiger partial charge is 0.193 e. The number of aliphatic imine (C=N–C) groups is 1. The molecule has 3 rings (SSSR count). The van der Waals surface area contributed by atoms with Gasteiger partial charge in [-0.2, -0.15) is 0 Å². The van der Waals surface area contributed by atoms with Crippen molar-refractivity contribution in [2.45, 2.75) is 89.8 Å². The fourth-order valence-corrected chi connectivity index (χ4v) is 4.71. The van der Waals surface area contributed by atoms with Crippen molar-refractivity contribution in [1.29, 1.82) is 0 Å². The standard InChI is InChI=1S/C22H41N3O2/c1-2-23-22(24-14-6-5-10-19-8-3-4-9-19)25-15-12-20(13-16-25)27-18-21-11-7-17-26-21/h19-21H,2-18H2,1H3,(H,23,24). The van der Waals surface area contributed by atoms with Crippen molar-refractivity contribution >= 4 is 5.96 Å². The van der Waals surface area contributed by atoms with E-state index in [1.165, 1.54) is 51.4 Å². The van der Waals surface area contributed by atoms with Crippen LogP contribution in [0.2, 0.25) is 0 Å². The molecule has 1 atom stereocenters. The number of hydrogen-bond acceptors (Lipinski definition) is 3. The number of nitrogens with zero attached hydrogens (tertiary/aromatic N) is 2. The van der Waals surface area contributed by atoms with E-state index in [1.54, 1.807) is 0 Å². The molecule has 3 aliphatic rings. The molecule has 156 valence electrons.